The predicted octanol–water partition coefficient (Wildman–Crippen LogP) is 2.76. The molecule has 28 heavy (non-hydrogen) atoms. The van der Waals surface area contributed by atoms with Crippen molar-refractivity contribution in [1.82, 2.24) is 24.3 Å². The van der Waals surface area contributed by atoms with Crippen LogP contribution in [0.2, 0.25) is 0 Å². The fourth-order valence-electron chi connectivity index (χ4n) is 3.87. The first-order valence-electron chi connectivity index (χ1n) is 9.52. The number of rotatable bonds is 4. The van der Waals surface area contributed by atoms with Gasteiger partial charge >= 0.3 is 0 Å². The Bertz CT molecular complexity index is 1190. The van der Waals surface area contributed by atoms with Crippen LogP contribution in [-0.2, 0) is 24.8 Å². The van der Waals surface area contributed by atoms with E-state index in [2.05, 4.69) is 10.1 Å². The largest absolute Gasteiger partial charge is 0.381 e. The predicted molar refractivity (Wildman–Crippen MR) is 109 cm³/mol. The van der Waals surface area contributed by atoms with Crippen LogP contribution in [0.4, 0.5) is 0 Å². The van der Waals surface area contributed by atoms with Gasteiger partial charge in [-0.1, -0.05) is 6.07 Å². The van der Waals surface area contributed by atoms with Gasteiger partial charge in [-0.25, -0.2) is 9.67 Å². The third-order valence-electron chi connectivity index (χ3n) is 5.40. The van der Waals surface area contributed by atoms with Crippen molar-refractivity contribution < 1.29 is 4.74 Å². The van der Waals surface area contributed by atoms with Gasteiger partial charge in [-0.15, -0.1) is 11.3 Å². The summed E-state index contributed by atoms with van der Waals surface area (Å²) in [7, 11) is 1.91. The molecule has 144 valence electrons. The smallest absolute Gasteiger partial charge is 0.291 e. The zero-order chi connectivity index (χ0) is 19.1. The van der Waals surface area contributed by atoms with E-state index in [1.54, 1.807) is 22.2 Å². The van der Waals surface area contributed by atoms with E-state index in [-0.39, 0.29) is 5.56 Å². The van der Waals surface area contributed by atoms with Gasteiger partial charge in [-0.05, 0) is 30.9 Å². The topological polar surface area (TPSA) is 74.8 Å². The van der Waals surface area contributed by atoms with Crippen molar-refractivity contribution in [1.29, 1.82) is 0 Å². The molecule has 0 atom stereocenters. The molecule has 0 aliphatic carbocycles. The van der Waals surface area contributed by atoms with E-state index in [1.165, 1.54) is 0 Å². The summed E-state index contributed by atoms with van der Waals surface area (Å²) in [6.45, 7) is 2.18. The van der Waals surface area contributed by atoms with Gasteiger partial charge in [0.05, 0.1) is 10.9 Å². The molecule has 0 saturated carbocycles. The van der Waals surface area contributed by atoms with Crippen LogP contribution >= 0.6 is 11.3 Å². The van der Waals surface area contributed by atoms with E-state index < -0.39 is 0 Å². The number of hydrogen-bond donors (Lipinski definition) is 0. The van der Waals surface area contributed by atoms with Gasteiger partial charge < -0.3 is 9.30 Å². The van der Waals surface area contributed by atoms with Crippen LogP contribution < -0.4 is 5.56 Å². The van der Waals surface area contributed by atoms with Crippen molar-refractivity contribution in [3.05, 3.63) is 51.6 Å². The van der Waals surface area contributed by atoms with Gasteiger partial charge in [0.25, 0.3) is 5.56 Å². The lowest BCUT2D eigenvalue weighted by Gasteiger charge is -2.22. The summed E-state index contributed by atoms with van der Waals surface area (Å²) in [4.78, 5) is 22.2. The Hall–Kier alpha value is -2.58. The molecule has 5 heterocycles. The van der Waals surface area contributed by atoms with Crippen LogP contribution in [0.5, 0.6) is 0 Å². The van der Waals surface area contributed by atoms with E-state index in [4.69, 9.17) is 9.72 Å². The van der Waals surface area contributed by atoms with E-state index in [1.807, 2.05) is 36.0 Å². The third kappa shape index (κ3) is 3.02. The van der Waals surface area contributed by atoms with Crippen LogP contribution in [0.3, 0.4) is 0 Å². The highest BCUT2D eigenvalue weighted by molar-refractivity contribution is 7.19. The molecule has 4 aromatic heterocycles. The second kappa shape index (κ2) is 7.10. The summed E-state index contributed by atoms with van der Waals surface area (Å²) in [5.74, 6) is 0.445. The van der Waals surface area contributed by atoms with Gasteiger partial charge in [0.15, 0.2) is 5.65 Å². The maximum atomic E-state index is 13.1. The lowest BCUT2D eigenvalue weighted by molar-refractivity contribution is 0.0597. The van der Waals surface area contributed by atoms with Crippen LogP contribution in [0, 0.1) is 5.92 Å². The molecule has 0 N–H and O–H groups in total. The van der Waals surface area contributed by atoms with Gasteiger partial charge in [0.1, 0.15) is 10.5 Å². The number of aryl methyl sites for hydroxylation is 1. The van der Waals surface area contributed by atoms with Crippen LogP contribution in [0.1, 0.15) is 23.5 Å². The van der Waals surface area contributed by atoms with Crippen molar-refractivity contribution in [2.45, 2.75) is 25.8 Å². The lowest BCUT2D eigenvalue weighted by atomic mass is 10.0. The number of nitrogens with zero attached hydrogens (tertiary/aromatic N) is 5. The first kappa shape index (κ1) is 17.5. The second-order valence-electron chi connectivity index (χ2n) is 7.27. The van der Waals surface area contributed by atoms with Crippen molar-refractivity contribution in [3.63, 3.8) is 0 Å². The summed E-state index contributed by atoms with van der Waals surface area (Å²) in [6.07, 6.45) is 6.26. The zero-order valence-corrected chi connectivity index (χ0v) is 16.5. The molecule has 0 spiro atoms. The van der Waals surface area contributed by atoms with Gasteiger partial charge in [0, 0.05) is 50.5 Å². The Morgan fingerprint density at radius 1 is 1.29 bits per heavy atom. The Kier molecular flexibility index (Phi) is 4.44. The van der Waals surface area contributed by atoms with Crippen LogP contribution in [0.15, 0.2) is 35.4 Å². The molecule has 0 amide bonds. The Balaban J connectivity index is 1.52. The molecule has 5 rings (SSSR count). The number of thiazole rings is 1. The van der Waals surface area contributed by atoms with E-state index in [0.29, 0.717) is 24.4 Å². The first-order chi connectivity index (χ1) is 13.7. The van der Waals surface area contributed by atoms with Crippen molar-refractivity contribution in [2.75, 3.05) is 13.2 Å². The average molecular weight is 395 g/mol. The quantitative estimate of drug-likeness (QED) is 0.531. The summed E-state index contributed by atoms with van der Waals surface area (Å²) >= 11 is 1.62. The van der Waals surface area contributed by atoms with Gasteiger partial charge in [-0.3, -0.25) is 9.78 Å². The summed E-state index contributed by atoms with van der Waals surface area (Å²) in [6, 6.07) is 5.89. The summed E-state index contributed by atoms with van der Waals surface area (Å²) < 4.78 is 9.95. The number of ether oxygens (including phenoxy) is 1. The highest BCUT2D eigenvalue weighted by atomic mass is 32.1. The fraction of sp³-hybridized carbons (Fsp3) is 0.400. The van der Waals surface area contributed by atoms with E-state index in [9.17, 15) is 4.79 Å². The Morgan fingerprint density at radius 2 is 2.14 bits per heavy atom. The monoisotopic (exact) mass is 395 g/mol. The molecule has 0 aromatic carbocycles. The molecule has 7 nitrogen and oxygen atoms in total. The van der Waals surface area contributed by atoms with Crippen molar-refractivity contribution in [3.8, 4) is 0 Å². The Labute approximate surface area is 165 Å². The SMILES string of the molecule is Cn1c2nc(Cc3ccccn3)sc2c2cnn(CC3CCOCC3)c(=O)c21. The molecule has 1 fully saturated rings. The molecular weight excluding hydrogens is 374 g/mol. The standard InChI is InChI=1S/C20H21N5O2S/c1-24-17-15(11-22-25(20(17)26)12-13-5-8-27-9-6-13)18-19(24)23-16(28-18)10-14-4-2-3-7-21-14/h2-4,7,11,13H,5-6,8-10,12H2,1H3. The second-order valence-corrected chi connectivity index (χ2v) is 8.35. The molecule has 1 aliphatic heterocycles. The molecule has 1 aliphatic rings. The number of pyridine rings is 1. The van der Waals surface area contributed by atoms with Gasteiger partial charge in [0.2, 0.25) is 0 Å². The maximum absolute atomic E-state index is 13.1. The highest BCUT2D eigenvalue weighted by Gasteiger charge is 2.20. The third-order valence-corrected chi connectivity index (χ3v) is 6.48. The normalized spacial score (nSPS) is 15.6. The lowest BCUT2D eigenvalue weighted by Crippen LogP contribution is -2.29. The maximum Gasteiger partial charge on any atom is 0.291 e. The van der Waals surface area contributed by atoms with Crippen LogP contribution in [0.25, 0.3) is 21.3 Å². The van der Waals surface area contributed by atoms with Crippen molar-refractivity contribution >= 4 is 32.6 Å². The summed E-state index contributed by atoms with van der Waals surface area (Å²) in [5, 5.41) is 6.35. The number of aromatic nitrogens is 5. The average Bonchev–Trinajstić information content (AvgIpc) is 3.24. The fourth-order valence-corrected chi connectivity index (χ4v) is 4.99. The minimum atomic E-state index is -0.0389. The molecule has 0 unspecified atom stereocenters. The molecule has 0 bridgehead atoms. The van der Waals surface area contributed by atoms with Gasteiger partial charge in [-0.2, -0.15) is 5.10 Å². The number of fused-ring (bicyclic) bond motifs is 3. The zero-order valence-electron chi connectivity index (χ0n) is 15.7. The summed E-state index contributed by atoms with van der Waals surface area (Å²) in [5.41, 5.74) is 2.47. The minimum absolute atomic E-state index is 0.0389. The van der Waals surface area contributed by atoms with Crippen molar-refractivity contribution in [2.24, 2.45) is 13.0 Å². The molecule has 8 heteroatoms. The van der Waals surface area contributed by atoms with E-state index >= 15 is 0 Å². The van der Waals surface area contributed by atoms with Crippen LogP contribution in [-0.4, -0.2) is 37.5 Å². The highest BCUT2D eigenvalue weighted by Crippen LogP contribution is 2.31. The molecule has 0 radical (unpaired) electrons. The Morgan fingerprint density at radius 3 is 2.93 bits per heavy atom. The number of hydrogen-bond acceptors (Lipinski definition) is 6. The minimum Gasteiger partial charge on any atom is -0.381 e. The van der Waals surface area contributed by atoms with E-state index in [0.717, 1.165) is 52.5 Å². The molecular formula is C20H21N5O2S. The molecule has 4 aromatic rings. The first-order valence-corrected chi connectivity index (χ1v) is 10.3. The molecule has 1 saturated heterocycles.